The second-order valence-corrected chi connectivity index (χ2v) is 4.97. The number of nitrogens with zero attached hydrogens (tertiary/aromatic N) is 4. The van der Waals surface area contributed by atoms with Gasteiger partial charge in [-0.15, -0.1) is 0 Å². The van der Waals surface area contributed by atoms with Gasteiger partial charge in [0.15, 0.2) is 0 Å². The lowest BCUT2D eigenvalue weighted by Crippen LogP contribution is -2.24. The maximum atomic E-state index is 4.58. The molecule has 0 saturated heterocycles. The Hall–Kier alpha value is -1.49. The van der Waals surface area contributed by atoms with Crippen LogP contribution in [0.1, 0.15) is 25.4 Å². The van der Waals surface area contributed by atoms with Crippen molar-refractivity contribution < 1.29 is 0 Å². The minimum atomic E-state index is 0.754. The molecule has 2 heterocycles. The Labute approximate surface area is 122 Å². The number of anilines is 1. The van der Waals surface area contributed by atoms with Crippen molar-refractivity contribution >= 4 is 21.7 Å². The number of rotatable bonds is 5. The van der Waals surface area contributed by atoms with Crippen molar-refractivity contribution in [3.05, 3.63) is 46.6 Å². The molecule has 0 saturated carbocycles. The molecular formula is C14H17BrN4. The van der Waals surface area contributed by atoms with Crippen LogP contribution in [0.15, 0.2) is 35.1 Å². The zero-order valence-electron chi connectivity index (χ0n) is 11.2. The van der Waals surface area contributed by atoms with Crippen LogP contribution in [0.2, 0.25) is 0 Å². The number of hydrogen-bond donors (Lipinski definition) is 0. The Morgan fingerprint density at radius 1 is 1.21 bits per heavy atom. The standard InChI is InChI=1S/C14H17BrN4/c1-3-13-17-12(15)9-14(18-13)19(4-2)10-11-7-5-6-8-16-11/h5-9H,3-4,10H2,1-2H3. The molecule has 0 radical (unpaired) electrons. The first kappa shape index (κ1) is 13.9. The summed E-state index contributed by atoms with van der Waals surface area (Å²) in [6.45, 7) is 5.80. The molecule has 2 aromatic heterocycles. The topological polar surface area (TPSA) is 41.9 Å². The molecular weight excluding hydrogens is 304 g/mol. The van der Waals surface area contributed by atoms with Gasteiger partial charge in [0.25, 0.3) is 0 Å². The summed E-state index contributed by atoms with van der Waals surface area (Å²) in [4.78, 5) is 15.5. The molecule has 0 bridgehead atoms. The highest BCUT2D eigenvalue weighted by molar-refractivity contribution is 9.10. The first-order valence-electron chi connectivity index (χ1n) is 6.41. The van der Waals surface area contributed by atoms with Gasteiger partial charge in [0.1, 0.15) is 16.2 Å². The highest BCUT2D eigenvalue weighted by Crippen LogP contribution is 2.18. The smallest absolute Gasteiger partial charge is 0.133 e. The first-order chi connectivity index (χ1) is 9.22. The molecule has 2 aromatic rings. The number of hydrogen-bond acceptors (Lipinski definition) is 4. The van der Waals surface area contributed by atoms with Crippen LogP contribution in [0.5, 0.6) is 0 Å². The van der Waals surface area contributed by atoms with E-state index in [2.05, 4.69) is 49.6 Å². The lowest BCUT2D eigenvalue weighted by molar-refractivity contribution is 0.778. The normalized spacial score (nSPS) is 10.5. The van der Waals surface area contributed by atoms with E-state index in [1.165, 1.54) is 0 Å². The number of aryl methyl sites for hydroxylation is 1. The predicted octanol–water partition coefficient (Wildman–Crippen LogP) is 3.22. The Kier molecular flexibility index (Phi) is 4.85. The van der Waals surface area contributed by atoms with E-state index in [9.17, 15) is 0 Å². The van der Waals surface area contributed by atoms with Gasteiger partial charge >= 0.3 is 0 Å². The Bertz CT molecular complexity index is 530. The van der Waals surface area contributed by atoms with Crippen LogP contribution in [0.25, 0.3) is 0 Å². The molecule has 100 valence electrons. The Balaban J connectivity index is 2.24. The minimum Gasteiger partial charge on any atom is -0.351 e. The molecule has 0 aromatic carbocycles. The van der Waals surface area contributed by atoms with Crippen molar-refractivity contribution in [3.63, 3.8) is 0 Å². The second-order valence-electron chi connectivity index (χ2n) is 4.15. The van der Waals surface area contributed by atoms with Gasteiger partial charge in [0, 0.05) is 25.2 Å². The Morgan fingerprint density at radius 2 is 2.05 bits per heavy atom. The summed E-state index contributed by atoms with van der Waals surface area (Å²) in [5.41, 5.74) is 1.04. The van der Waals surface area contributed by atoms with Crippen LogP contribution >= 0.6 is 15.9 Å². The number of halogens is 1. The summed E-state index contributed by atoms with van der Waals surface area (Å²) in [6.07, 6.45) is 2.64. The van der Waals surface area contributed by atoms with Crippen LogP contribution in [0.4, 0.5) is 5.82 Å². The summed E-state index contributed by atoms with van der Waals surface area (Å²) in [5, 5.41) is 0. The van der Waals surface area contributed by atoms with Crippen molar-refractivity contribution in [1.29, 1.82) is 0 Å². The third-order valence-corrected chi connectivity index (χ3v) is 3.23. The van der Waals surface area contributed by atoms with E-state index >= 15 is 0 Å². The van der Waals surface area contributed by atoms with Crippen molar-refractivity contribution in [2.45, 2.75) is 26.8 Å². The van der Waals surface area contributed by atoms with Gasteiger partial charge in [0.05, 0.1) is 12.2 Å². The zero-order chi connectivity index (χ0) is 13.7. The van der Waals surface area contributed by atoms with Gasteiger partial charge in [-0.25, -0.2) is 9.97 Å². The summed E-state index contributed by atoms with van der Waals surface area (Å²) in [6, 6.07) is 7.91. The lowest BCUT2D eigenvalue weighted by Gasteiger charge is -2.22. The van der Waals surface area contributed by atoms with Crippen LogP contribution < -0.4 is 4.90 Å². The van der Waals surface area contributed by atoms with Gasteiger partial charge in [0.2, 0.25) is 0 Å². The summed E-state index contributed by atoms with van der Waals surface area (Å²) >= 11 is 3.44. The highest BCUT2D eigenvalue weighted by Gasteiger charge is 2.10. The molecule has 19 heavy (non-hydrogen) atoms. The van der Waals surface area contributed by atoms with Crippen molar-refractivity contribution in [1.82, 2.24) is 15.0 Å². The van der Waals surface area contributed by atoms with E-state index in [0.29, 0.717) is 0 Å². The third kappa shape index (κ3) is 3.73. The molecule has 0 spiro atoms. The average molecular weight is 321 g/mol. The molecule has 2 rings (SSSR count). The quantitative estimate of drug-likeness (QED) is 0.793. The molecule has 0 atom stereocenters. The zero-order valence-corrected chi connectivity index (χ0v) is 12.8. The van der Waals surface area contributed by atoms with E-state index in [-0.39, 0.29) is 0 Å². The molecule has 5 heteroatoms. The SMILES string of the molecule is CCc1nc(Br)cc(N(CC)Cc2ccccn2)n1. The molecule has 0 unspecified atom stereocenters. The van der Waals surface area contributed by atoms with E-state index in [1.54, 1.807) is 0 Å². The van der Waals surface area contributed by atoms with Crippen LogP contribution in [0, 0.1) is 0 Å². The lowest BCUT2D eigenvalue weighted by atomic mass is 10.3. The maximum absolute atomic E-state index is 4.58. The van der Waals surface area contributed by atoms with Gasteiger partial charge in [-0.2, -0.15) is 0 Å². The number of aromatic nitrogens is 3. The monoisotopic (exact) mass is 320 g/mol. The number of pyridine rings is 1. The average Bonchev–Trinajstić information content (AvgIpc) is 2.45. The van der Waals surface area contributed by atoms with Gasteiger partial charge in [-0.05, 0) is 35.0 Å². The predicted molar refractivity (Wildman–Crippen MR) is 80.1 cm³/mol. The largest absolute Gasteiger partial charge is 0.351 e. The van der Waals surface area contributed by atoms with Crippen LogP contribution in [0.3, 0.4) is 0 Å². The third-order valence-electron chi connectivity index (χ3n) is 2.83. The van der Waals surface area contributed by atoms with Crippen molar-refractivity contribution in [2.75, 3.05) is 11.4 Å². The summed E-state index contributed by atoms with van der Waals surface area (Å²) in [7, 11) is 0. The van der Waals surface area contributed by atoms with E-state index < -0.39 is 0 Å². The molecule has 0 amide bonds. The molecule has 0 N–H and O–H groups in total. The van der Waals surface area contributed by atoms with Crippen LogP contribution in [-0.2, 0) is 13.0 Å². The first-order valence-corrected chi connectivity index (χ1v) is 7.20. The fourth-order valence-corrected chi connectivity index (χ4v) is 2.22. The molecule has 0 fully saturated rings. The van der Waals surface area contributed by atoms with Gasteiger partial charge in [-0.3, -0.25) is 4.98 Å². The van der Waals surface area contributed by atoms with E-state index in [4.69, 9.17) is 0 Å². The fourth-order valence-electron chi connectivity index (χ4n) is 1.81. The van der Waals surface area contributed by atoms with Crippen molar-refractivity contribution in [3.8, 4) is 0 Å². The van der Waals surface area contributed by atoms with E-state index in [0.717, 1.165) is 41.4 Å². The van der Waals surface area contributed by atoms with E-state index in [1.807, 2.05) is 30.5 Å². The molecule has 4 nitrogen and oxygen atoms in total. The van der Waals surface area contributed by atoms with Crippen LogP contribution in [-0.4, -0.2) is 21.5 Å². The maximum Gasteiger partial charge on any atom is 0.133 e. The van der Waals surface area contributed by atoms with Gasteiger partial charge in [-0.1, -0.05) is 13.0 Å². The summed E-state index contributed by atoms with van der Waals surface area (Å²) < 4.78 is 0.828. The Morgan fingerprint density at radius 3 is 2.68 bits per heavy atom. The van der Waals surface area contributed by atoms with Crippen molar-refractivity contribution in [2.24, 2.45) is 0 Å². The molecule has 0 aliphatic rings. The minimum absolute atomic E-state index is 0.754. The highest BCUT2D eigenvalue weighted by atomic mass is 79.9. The fraction of sp³-hybridized carbons (Fsp3) is 0.357. The second kappa shape index (κ2) is 6.61. The summed E-state index contributed by atoms with van der Waals surface area (Å²) in [5.74, 6) is 1.79. The molecule has 0 aliphatic heterocycles. The van der Waals surface area contributed by atoms with Gasteiger partial charge < -0.3 is 4.90 Å². The molecule has 0 aliphatic carbocycles.